The van der Waals surface area contributed by atoms with Crippen molar-refractivity contribution in [3.63, 3.8) is 0 Å². The first-order valence-electron chi connectivity index (χ1n) is 10.3. The third-order valence-corrected chi connectivity index (χ3v) is 7.05. The summed E-state index contributed by atoms with van der Waals surface area (Å²) >= 11 is 1.58. The van der Waals surface area contributed by atoms with Crippen LogP contribution in [-0.4, -0.2) is 29.8 Å². The molecule has 6 heteroatoms. The summed E-state index contributed by atoms with van der Waals surface area (Å²) in [5.74, 6) is 1.82. The number of hydrogen-bond acceptors (Lipinski definition) is 4. The van der Waals surface area contributed by atoms with Crippen molar-refractivity contribution in [3.05, 3.63) is 39.2 Å². The van der Waals surface area contributed by atoms with Crippen LogP contribution in [0.2, 0.25) is 0 Å². The number of rotatable bonds is 3. The summed E-state index contributed by atoms with van der Waals surface area (Å²) in [6.07, 6.45) is 6.30. The van der Waals surface area contributed by atoms with Gasteiger partial charge in [-0.2, -0.15) is 0 Å². The molecule has 1 aliphatic heterocycles. The lowest BCUT2D eigenvalue weighted by Gasteiger charge is -2.28. The SMILES string of the molecule is Cc1cc(C(=O)Nc2sc3c(c2C(=O)N2CCCCC2)CC[C@H](C)C3)c(C)o1. The van der Waals surface area contributed by atoms with E-state index in [4.69, 9.17) is 4.42 Å². The van der Waals surface area contributed by atoms with Gasteiger partial charge >= 0.3 is 0 Å². The van der Waals surface area contributed by atoms with Crippen molar-refractivity contribution in [3.8, 4) is 0 Å². The predicted octanol–water partition coefficient (Wildman–Crippen LogP) is 4.96. The van der Waals surface area contributed by atoms with Gasteiger partial charge < -0.3 is 14.6 Å². The second-order valence-electron chi connectivity index (χ2n) is 8.19. The van der Waals surface area contributed by atoms with E-state index in [1.165, 1.54) is 11.3 Å². The third-order valence-electron chi connectivity index (χ3n) is 5.88. The molecule has 28 heavy (non-hydrogen) atoms. The number of piperidine rings is 1. The number of carbonyl (C=O) groups excluding carboxylic acids is 2. The van der Waals surface area contributed by atoms with Crippen molar-refractivity contribution in [2.24, 2.45) is 5.92 Å². The monoisotopic (exact) mass is 400 g/mol. The van der Waals surface area contributed by atoms with Crippen molar-refractivity contribution in [2.45, 2.75) is 59.3 Å². The number of likely N-dealkylation sites (tertiary alicyclic amines) is 1. The molecule has 2 amide bonds. The Morgan fingerprint density at radius 1 is 1.21 bits per heavy atom. The zero-order valence-corrected chi connectivity index (χ0v) is 17.7. The van der Waals surface area contributed by atoms with Crippen molar-refractivity contribution >= 4 is 28.2 Å². The molecule has 0 radical (unpaired) electrons. The Morgan fingerprint density at radius 2 is 1.96 bits per heavy atom. The van der Waals surface area contributed by atoms with E-state index in [0.717, 1.165) is 56.3 Å². The number of thiophene rings is 1. The summed E-state index contributed by atoms with van der Waals surface area (Å²) in [6, 6.07) is 1.76. The lowest BCUT2D eigenvalue weighted by molar-refractivity contribution is 0.0724. The zero-order chi connectivity index (χ0) is 19.8. The summed E-state index contributed by atoms with van der Waals surface area (Å²) in [6.45, 7) is 7.51. The first-order valence-corrected chi connectivity index (χ1v) is 11.1. The van der Waals surface area contributed by atoms with Crippen molar-refractivity contribution in [1.29, 1.82) is 0 Å². The van der Waals surface area contributed by atoms with Gasteiger partial charge in [-0.05, 0) is 69.9 Å². The van der Waals surface area contributed by atoms with Gasteiger partial charge in [0.2, 0.25) is 0 Å². The largest absolute Gasteiger partial charge is 0.466 e. The van der Waals surface area contributed by atoms with Gasteiger partial charge in [-0.25, -0.2) is 0 Å². The highest BCUT2D eigenvalue weighted by atomic mass is 32.1. The van der Waals surface area contributed by atoms with Crippen molar-refractivity contribution in [2.75, 3.05) is 18.4 Å². The Hall–Kier alpha value is -2.08. The maximum Gasteiger partial charge on any atom is 0.259 e. The molecule has 2 aliphatic rings. The summed E-state index contributed by atoms with van der Waals surface area (Å²) in [5.41, 5.74) is 2.43. The maximum absolute atomic E-state index is 13.4. The van der Waals surface area contributed by atoms with E-state index in [9.17, 15) is 9.59 Å². The first kappa shape index (κ1) is 19.2. The Labute approximate surface area is 170 Å². The van der Waals surface area contributed by atoms with E-state index in [-0.39, 0.29) is 11.8 Å². The molecule has 0 aromatic carbocycles. The van der Waals surface area contributed by atoms with E-state index in [1.54, 1.807) is 24.3 Å². The number of carbonyl (C=O) groups is 2. The van der Waals surface area contributed by atoms with Gasteiger partial charge in [0.1, 0.15) is 16.5 Å². The zero-order valence-electron chi connectivity index (χ0n) is 16.9. The van der Waals surface area contributed by atoms with Crippen LogP contribution < -0.4 is 5.32 Å². The Morgan fingerprint density at radius 3 is 2.64 bits per heavy atom. The number of amides is 2. The summed E-state index contributed by atoms with van der Waals surface area (Å²) in [7, 11) is 0. The lowest BCUT2D eigenvalue weighted by Crippen LogP contribution is -2.36. The van der Waals surface area contributed by atoms with Crippen LogP contribution >= 0.6 is 11.3 Å². The van der Waals surface area contributed by atoms with Crippen LogP contribution in [0.15, 0.2) is 10.5 Å². The van der Waals surface area contributed by atoms with Gasteiger partial charge in [0.05, 0.1) is 11.1 Å². The Bertz CT molecular complexity index is 905. The maximum atomic E-state index is 13.4. The summed E-state index contributed by atoms with van der Waals surface area (Å²) in [5, 5.41) is 3.75. The molecule has 0 bridgehead atoms. The van der Waals surface area contributed by atoms with Gasteiger partial charge in [0, 0.05) is 18.0 Å². The molecule has 5 nitrogen and oxygen atoms in total. The lowest BCUT2D eigenvalue weighted by atomic mass is 9.88. The van der Waals surface area contributed by atoms with Gasteiger partial charge in [-0.3, -0.25) is 9.59 Å². The van der Waals surface area contributed by atoms with Gasteiger partial charge in [0.25, 0.3) is 11.8 Å². The predicted molar refractivity (Wildman–Crippen MR) is 111 cm³/mol. The van der Waals surface area contributed by atoms with E-state index < -0.39 is 0 Å². The summed E-state index contributed by atoms with van der Waals surface area (Å²) < 4.78 is 5.51. The van der Waals surface area contributed by atoms with Gasteiger partial charge in [0.15, 0.2) is 0 Å². The molecule has 1 aliphatic carbocycles. The quantitative estimate of drug-likeness (QED) is 0.792. The topological polar surface area (TPSA) is 62.6 Å². The van der Waals surface area contributed by atoms with Crippen molar-refractivity contribution in [1.82, 2.24) is 4.90 Å². The molecule has 4 rings (SSSR count). The molecule has 1 N–H and O–H groups in total. The third kappa shape index (κ3) is 3.62. The number of nitrogens with one attached hydrogen (secondary N) is 1. The minimum atomic E-state index is -0.200. The van der Waals surface area contributed by atoms with E-state index in [1.807, 2.05) is 11.8 Å². The van der Waals surface area contributed by atoms with Gasteiger partial charge in [-0.1, -0.05) is 6.92 Å². The normalized spacial score (nSPS) is 19.4. The van der Waals surface area contributed by atoms with Crippen LogP contribution in [0.4, 0.5) is 5.00 Å². The minimum Gasteiger partial charge on any atom is -0.466 e. The van der Waals surface area contributed by atoms with E-state index in [2.05, 4.69) is 12.2 Å². The number of fused-ring (bicyclic) bond motifs is 1. The van der Waals surface area contributed by atoms with Crippen LogP contribution in [0.3, 0.4) is 0 Å². The average Bonchev–Trinajstić information content (AvgIpc) is 3.20. The highest BCUT2D eigenvalue weighted by Crippen LogP contribution is 2.40. The standard InChI is InChI=1S/C22H28N2O3S/c1-13-7-8-16-18(11-13)28-21(19(16)22(26)24-9-5-4-6-10-24)23-20(25)17-12-14(2)27-15(17)3/h12-13H,4-11H2,1-3H3,(H,23,25)/t13-/m0/s1. The molecule has 1 atom stereocenters. The summed E-state index contributed by atoms with van der Waals surface area (Å²) in [4.78, 5) is 29.5. The van der Waals surface area contributed by atoms with E-state index >= 15 is 0 Å². The molecule has 0 saturated carbocycles. The number of nitrogens with zero attached hydrogens (tertiary/aromatic N) is 1. The van der Waals surface area contributed by atoms with Crippen LogP contribution in [-0.2, 0) is 12.8 Å². The first-order chi connectivity index (χ1) is 13.4. The average molecular weight is 401 g/mol. The number of aryl methyl sites for hydroxylation is 2. The number of furan rings is 1. The molecule has 2 aromatic rings. The molecular weight excluding hydrogens is 372 g/mol. The second-order valence-corrected chi connectivity index (χ2v) is 9.29. The molecular formula is C22H28N2O3S. The van der Waals surface area contributed by atoms with Crippen LogP contribution in [0.5, 0.6) is 0 Å². The Kier molecular flexibility index (Phi) is 5.32. The second kappa shape index (κ2) is 7.74. The molecule has 150 valence electrons. The fraction of sp³-hybridized carbons (Fsp3) is 0.545. The fourth-order valence-corrected chi connectivity index (χ4v) is 5.74. The molecule has 1 fully saturated rings. The molecule has 3 heterocycles. The van der Waals surface area contributed by atoms with Crippen molar-refractivity contribution < 1.29 is 14.0 Å². The number of hydrogen-bond donors (Lipinski definition) is 1. The highest BCUT2D eigenvalue weighted by molar-refractivity contribution is 7.17. The minimum absolute atomic E-state index is 0.0853. The van der Waals surface area contributed by atoms with Crippen LogP contribution in [0.1, 0.15) is 75.3 Å². The smallest absolute Gasteiger partial charge is 0.259 e. The van der Waals surface area contributed by atoms with E-state index in [0.29, 0.717) is 28.0 Å². The van der Waals surface area contributed by atoms with Crippen LogP contribution in [0.25, 0.3) is 0 Å². The van der Waals surface area contributed by atoms with Crippen LogP contribution in [0, 0.1) is 19.8 Å². The fourth-order valence-electron chi connectivity index (χ4n) is 4.35. The molecule has 0 unspecified atom stereocenters. The molecule has 2 aromatic heterocycles. The molecule has 1 saturated heterocycles. The van der Waals surface area contributed by atoms with Gasteiger partial charge in [-0.15, -0.1) is 11.3 Å². The number of anilines is 1. The molecule has 0 spiro atoms. The highest BCUT2D eigenvalue weighted by Gasteiger charge is 2.31. The Balaban J connectivity index is 1.68.